The molecule has 5 nitrogen and oxygen atoms in total. The number of hydrogen-bond acceptors (Lipinski definition) is 5. The van der Waals surface area contributed by atoms with Crippen LogP contribution in [0.5, 0.6) is 5.75 Å². The lowest BCUT2D eigenvalue weighted by Gasteiger charge is -2.45. The van der Waals surface area contributed by atoms with Crippen LogP contribution in [0.4, 0.5) is 0 Å². The summed E-state index contributed by atoms with van der Waals surface area (Å²) in [5, 5.41) is 10.3. The van der Waals surface area contributed by atoms with Crippen molar-refractivity contribution in [3.05, 3.63) is 29.8 Å². The quantitative estimate of drug-likeness (QED) is 0.334. The number of benzene rings is 1. The van der Waals surface area contributed by atoms with Crippen molar-refractivity contribution in [3.8, 4) is 5.75 Å². The van der Waals surface area contributed by atoms with E-state index < -0.39 is 14.6 Å². The standard InChI is InChI=1S/C20H33IO5Si/c1-20(2,3)27(5,6)26-16-11-18(22)25-17(12-21)19(16)24-13-14-7-9-15(23-4)10-8-14/h7-10,16-19,22H,11-13H2,1-6H3/t16-,17-,18?,19+/m1/s1. The average Bonchev–Trinajstić information content (AvgIpc) is 2.59. The zero-order valence-electron chi connectivity index (χ0n) is 17.2. The fourth-order valence-corrected chi connectivity index (χ4v) is 4.88. The van der Waals surface area contributed by atoms with Gasteiger partial charge in [0, 0.05) is 10.8 Å². The molecule has 2 rings (SSSR count). The van der Waals surface area contributed by atoms with E-state index in [0.29, 0.717) is 13.0 Å². The minimum atomic E-state index is -1.99. The third-order valence-electron chi connectivity index (χ3n) is 5.50. The zero-order valence-corrected chi connectivity index (χ0v) is 20.4. The van der Waals surface area contributed by atoms with Crippen molar-refractivity contribution in [1.82, 2.24) is 0 Å². The molecule has 0 aliphatic carbocycles. The number of halogens is 1. The van der Waals surface area contributed by atoms with Crippen molar-refractivity contribution < 1.29 is 23.7 Å². The Hall–Kier alpha value is -0.193. The summed E-state index contributed by atoms with van der Waals surface area (Å²) in [5.74, 6) is 0.826. The molecule has 1 saturated heterocycles. The van der Waals surface area contributed by atoms with Gasteiger partial charge in [-0.1, -0.05) is 55.5 Å². The Morgan fingerprint density at radius 2 is 1.85 bits per heavy atom. The normalized spacial score (nSPS) is 26.8. The molecular formula is C20H33IO5Si. The largest absolute Gasteiger partial charge is 0.497 e. The van der Waals surface area contributed by atoms with Crippen LogP contribution in [0.15, 0.2) is 24.3 Å². The summed E-state index contributed by atoms with van der Waals surface area (Å²) < 4.78 is 24.6. The molecule has 1 aromatic carbocycles. The molecule has 0 aromatic heterocycles. The first-order chi connectivity index (χ1) is 12.6. The molecule has 1 aliphatic heterocycles. The third-order valence-corrected chi connectivity index (χ3v) is 10.9. The van der Waals surface area contributed by atoms with Crippen LogP contribution < -0.4 is 4.74 Å². The summed E-state index contributed by atoms with van der Waals surface area (Å²) >= 11 is 2.28. The van der Waals surface area contributed by atoms with E-state index in [1.807, 2.05) is 24.3 Å². The van der Waals surface area contributed by atoms with Crippen LogP contribution in [0.1, 0.15) is 32.8 Å². The van der Waals surface area contributed by atoms with E-state index in [2.05, 4.69) is 56.5 Å². The topological polar surface area (TPSA) is 57.2 Å². The molecular weight excluding hydrogens is 475 g/mol. The van der Waals surface area contributed by atoms with Crippen LogP contribution in [-0.2, 0) is 20.5 Å². The molecule has 0 radical (unpaired) electrons. The van der Waals surface area contributed by atoms with Gasteiger partial charge in [0.15, 0.2) is 14.6 Å². The molecule has 7 heteroatoms. The zero-order chi connectivity index (χ0) is 20.2. The molecule has 1 fully saturated rings. The molecule has 0 bridgehead atoms. The van der Waals surface area contributed by atoms with Crippen molar-refractivity contribution in [2.24, 2.45) is 0 Å². The van der Waals surface area contributed by atoms with Gasteiger partial charge in [-0.15, -0.1) is 0 Å². The van der Waals surface area contributed by atoms with E-state index in [9.17, 15) is 5.11 Å². The first kappa shape index (κ1) is 23.1. The highest BCUT2D eigenvalue weighted by Gasteiger charge is 2.45. The second-order valence-electron chi connectivity index (χ2n) is 8.56. The molecule has 0 amide bonds. The fourth-order valence-electron chi connectivity index (χ4n) is 2.83. The summed E-state index contributed by atoms with van der Waals surface area (Å²) in [7, 11) is -0.336. The molecule has 4 atom stereocenters. The fraction of sp³-hybridized carbons (Fsp3) is 0.700. The SMILES string of the molecule is COc1ccc(CO[C@@H]2[C@@H](CI)OC(O)C[C@H]2O[Si](C)(C)C(C)(C)C)cc1. The molecule has 27 heavy (non-hydrogen) atoms. The van der Waals surface area contributed by atoms with E-state index in [1.165, 1.54) is 0 Å². The summed E-state index contributed by atoms with van der Waals surface area (Å²) in [6.07, 6.45) is -0.940. The van der Waals surface area contributed by atoms with Crippen LogP contribution in [0.2, 0.25) is 18.1 Å². The van der Waals surface area contributed by atoms with Gasteiger partial charge in [-0.25, -0.2) is 0 Å². The predicted octanol–water partition coefficient (Wildman–Crippen LogP) is 4.51. The Balaban J connectivity index is 2.13. The third kappa shape index (κ3) is 6.14. The van der Waals surface area contributed by atoms with Gasteiger partial charge in [0.1, 0.15) is 11.9 Å². The monoisotopic (exact) mass is 508 g/mol. The van der Waals surface area contributed by atoms with Gasteiger partial charge >= 0.3 is 0 Å². The number of ether oxygens (including phenoxy) is 3. The molecule has 1 N–H and O–H groups in total. The highest BCUT2D eigenvalue weighted by Crippen LogP contribution is 2.39. The Bertz CT molecular complexity index is 587. The van der Waals surface area contributed by atoms with Crippen molar-refractivity contribution >= 4 is 30.9 Å². The molecule has 0 spiro atoms. The molecule has 1 unspecified atom stereocenters. The van der Waals surface area contributed by atoms with E-state index in [4.69, 9.17) is 18.6 Å². The summed E-state index contributed by atoms with van der Waals surface area (Å²) in [5.41, 5.74) is 1.07. The first-order valence-corrected chi connectivity index (χ1v) is 13.8. The van der Waals surface area contributed by atoms with Crippen LogP contribution in [0.25, 0.3) is 0 Å². The second-order valence-corrected chi connectivity index (χ2v) is 14.2. The Kier molecular flexibility index (Phi) is 8.16. The van der Waals surface area contributed by atoms with E-state index >= 15 is 0 Å². The lowest BCUT2D eigenvalue weighted by Crippen LogP contribution is -2.56. The van der Waals surface area contributed by atoms with Crippen LogP contribution in [0.3, 0.4) is 0 Å². The number of aliphatic hydroxyl groups is 1. The predicted molar refractivity (Wildman–Crippen MR) is 118 cm³/mol. The smallest absolute Gasteiger partial charge is 0.192 e. The number of aliphatic hydroxyl groups excluding tert-OH is 1. The van der Waals surface area contributed by atoms with Crippen LogP contribution >= 0.6 is 22.6 Å². The highest BCUT2D eigenvalue weighted by molar-refractivity contribution is 14.1. The lowest BCUT2D eigenvalue weighted by molar-refractivity contribution is -0.235. The van der Waals surface area contributed by atoms with E-state index in [0.717, 1.165) is 15.7 Å². The lowest BCUT2D eigenvalue weighted by atomic mass is 10.0. The van der Waals surface area contributed by atoms with Crippen molar-refractivity contribution in [3.63, 3.8) is 0 Å². The molecule has 1 aliphatic rings. The van der Waals surface area contributed by atoms with Crippen LogP contribution in [-0.4, -0.2) is 49.6 Å². The molecule has 154 valence electrons. The van der Waals surface area contributed by atoms with Gasteiger partial charge in [0.05, 0.1) is 25.9 Å². The second kappa shape index (κ2) is 9.54. The maximum atomic E-state index is 10.2. The van der Waals surface area contributed by atoms with Gasteiger partial charge < -0.3 is 23.7 Å². The minimum Gasteiger partial charge on any atom is -0.497 e. The number of hydrogen-bond donors (Lipinski definition) is 1. The maximum Gasteiger partial charge on any atom is 0.192 e. The molecule has 1 heterocycles. The average molecular weight is 508 g/mol. The summed E-state index contributed by atoms with van der Waals surface area (Å²) in [6, 6.07) is 7.86. The maximum absolute atomic E-state index is 10.2. The molecule has 0 saturated carbocycles. The summed E-state index contributed by atoms with van der Waals surface area (Å²) in [4.78, 5) is 0. The van der Waals surface area contributed by atoms with E-state index in [-0.39, 0.29) is 23.4 Å². The number of rotatable bonds is 7. The van der Waals surface area contributed by atoms with Gasteiger partial charge in [0.25, 0.3) is 0 Å². The van der Waals surface area contributed by atoms with Crippen molar-refractivity contribution in [1.29, 1.82) is 0 Å². The minimum absolute atomic E-state index is 0.0939. The van der Waals surface area contributed by atoms with Gasteiger partial charge in [-0.2, -0.15) is 0 Å². The van der Waals surface area contributed by atoms with Gasteiger partial charge in [-0.05, 0) is 35.8 Å². The summed E-state index contributed by atoms with van der Waals surface area (Å²) in [6.45, 7) is 11.6. The van der Waals surface area contributed by atoms with Crippen molar-refractivity contribution in [2.45, 2.75) is 76.5 Å². The number of alkyl halides is 1. The van der Waals surface area contributed by atoms with Crippen molar-refractivity contribution in [2.75, 3.05) is 11.5 Å². The van der Waals surface area contributed by atoms with Gasteiger partial charge in [-0.3, -0.25) is 0 Å². The molecule has 1 aromatic rings. The number of methoxy groups -OCH3 is 1. The van der Waals surface area contributed by atoms with E-state index in [1.54, 1.807) is 7.11 Å². The van der Waals surface area contributed by atoms with Crippen LogP contribution in [0, 0.1) is 0 Å². The van der Waals surface area contributed by atoms with Gasteiger partial charge in [0.2, 0.25) is 0 Å². The highest BCUT2D eigenvalue weighted by atomic mass is 127. The Labute approximate surface area is 178 Å². The first-order valence-electron chi connectivity index (χ1n) is 9.39. The Morgan fingerprint density at radius 1 is 1.22 bits per heavy atom. The Morgan fingerprint density at radius 3 is 2.37 bits per heavy atom.